The first-order chi connectivity index (χ1) is 11.2. The molecular weight excluding hydrogens is 329 g/mol. The summed E-state index contributed by atoms with van der Waals surface area (Å²) in [5.74, 6) is -0.740. The van der Waals surface area contributed by atoms with E-state index in [0.29, 0.717) is 28.2 Å². The fourth-order valence-electron chi connectivity index (χ4n) is 2.74. The van der Waals surface area contributed by atoms with E-state index in [1.807, 2.05) is 0 Å². The minimum absolute atomic E-state index is 0.0144. The van der Waals surface area contributed by atoms with Crippen molar-refractivity contribution in [1.82, 2.24) is 14.3 Å². The van der Waals surface area contributed by atoms with Crippen molar-refractivity contribution in [2.75, 3.05) is 13.6 Å². The normalized spacial score (nSPS) is 12.0. The van der Waals surface area contributed by atoms with Gasteiger partial charge in [0.15, 0.2) is 17.1 Å². The van der Waals surface area contributed by atoms with Crippen molar-refractivity contribution in [3.8, 4) is 0 Å². The van der Waals surface area contributed by atoms with Gasteiger partial charge in [-0.3, -0.25) is 14.0 Å². The van der Waals surface area contributed by atoms with E-state index in [1.54, 1.807) is 28.6 Å². The maximum Gasteiger partial charge on any atom is 0.265 e. The van der Waals surface area contributed by atoms with Crippen LogP contribution in [0.15, 0.2) is 18.3 Å². The highest BCUT2D eigenvalue weighted by Crippen LogP contribution is 2.28. The van der Waals surface area contributed by atoms with Gasteiger partial charge in [0.1, 0.15) is 10.4 Å². The van der Waals surface area contributed by atoms with Crippen LogP contribution in [-0.2, 0) is 0 Å². The molecule has 24 heavy (non-hydrogen) atoms. The first kappa shape index (κ1) is 16.6. The van der Waals surface area contributed by atoms with E-state index in [1.165, 1.54) is 17.4 Å². The predicted octanol–water partition coefficient (Wildman–Crippen LogP) is 3.62. The molecule has 3 aromatic rings. The van der Waals surface area contributed by atoms with Crippen LogP contribution in [0.3, 0.4) is 0 Å². The van der Waals surface area contributed by atoms with Crippen LogP contribution in [-0.4, -0.2) is 40.1 Å². The minimum Gasteiger partial charge on any atom is -0.340 e. The summed E-state index contributed by atoms with van der Waals surface area (Å²) in [5, 5.41) is 0. The van der Waals surface area contributed by atoms with Crippen LogP contribution in [0.2, 0.25) is 0 Å². The van der Waals surface area contributed by atoms with Crippen LogP contribution in [0.25, 0.3) is 16.0 Å². The van der Waals surface area contributed by atoms with Gasteiger partial charge in [-0.15, -0.1) is 0 Å². The number of aromatic nitrogens is 2. The van der Waals surface area contributed by atoms with Crippen LogP contribution < -0.4 is 0 Å². The highest BCUT2D eigenvalue weighted by molar-refractivity contribution is 7.18. The fraction of sp³-hybridized carbons (Fsp3) is 0.353. The molecule has 0 saturated carbocycles. The van der Waals surface area contributed by atoms with Crippen LogP contribution in [0.4, 0.5) is 4.39 Å². The summed E-state index contributed by atoms with van der Waals surface area (Å²) < 4.78 is 16.0. The molecule has 0 spiro atoms. The first-order valence-electron chi connectivity index (χ1n) is 7.52. The smallest absolute Gasteiger partial charge is 0.265 e. The lowest BCUT2D eigenvalue weighted by molar-refractivity contribution is 0.0750. The lowest BCUT2D eigenvalue weighted by atomic mass is 9.96. The number of aldehydes is 1. The lowest BCUT2D eigenvalue weighted by Gasteiger charge is -2.26. The van der Waals surface area contributed by atoms with Crippen LogP contribution in [0, 0.1) is 11.2 Å². The Morgan fingerprint density at radius 1 is 1.42 bits per heavy atom. The van der Waals surface area contributed by atoms with Crippen molar-refractivity contribution < 1.29 is 14.0 Å². The van der Waals surface area contributed by atoms with Gasteiger partial charge >= 0.3 is 0 Å². The number of hydrogen-bond acceptors (Lipinski definition) is 4. The fourth-order valence-corrected chi connectivity index (χ4v) is 3.72. The molecule has 0 aliphatic rings. The maximum atomic E-state index is 14.4. The van der Waals surface area contributed by atoms with E-state index in [4.69, 9.17) is 0 Å². The summed E-state index contributed by atoms with van der Waals surface area (Å²) in [6.45, 7) is 6.78. The summed E-state index contributed by atoms with van der Waals surface area (Å²) in [5.41, 5.74) is 0.655. The van der Waals surface area contributed by atoms with Gasteiger partial charge in [-0.05, 0) is 17.5 Å². The Hall–Kier alpha value is -2.28. The monoisotopic (exact) mass is 347 g/mol. The zero-order chi connectivity index (χ0) is 17.6. The van der Waals surface area contributed by atoms with Crippen molar-refractivity contribution in [3.63, 3.8) is 0 Å². The molecule has 7 heteroatoms. The zero-order valence-electron chi connectivity index (χ0n) is 14.0. The Labute approximate surface area is 142 Å². The summed E-state index contributed by atoms with van der Waals surface area (Å²) in [6, 6.07) is 3.01. The van der Waals surface area contributed by atoms with E-state index in [-0.39, 0.29) is 22.4 Å². The summed E-state index contributed by atoms with van der Waals surface area (Å²) in [6.07, 6.45) is 2.07. The molecule has 1 amide bonds. The molecule has 3 rings (SSSR count). The molecule has 2 aromatic heterocycles. The van der Waals surface area contributed by atoms with Crippen molar-refractivity contribution in [2.45, 2.75) is 20.8 Å². The number of halogens is 1. The van der Waals surface area contributed by atoms with Gasteiger partial charge in [0.2, 0.25) is 0 Å². The van der Waals surface area contributed by atoms with Gasteiger partial charge < -0.3 is 4.90 Å². The van der Waals surface area contributed by atoms with Gasteiger partial charge in [0.25, 0.3) is 5.91 Å². The summed E-state index contributed by atoms with van der Waals surface area (Å²) in [7, 11) is 1.75. The van der Waals surface area contributed by atoms with Gasteiger partial charge in [0, 0.05) is 19.8 Å². The van der Waals surface area contributed by atoms with E-state index in [2.05, 4.69) is 25.8 Å². The van der Waals surface area contributed by atoms with Crippen molar-refractivity contribution in [3.05, 3.63) is 34.6 Å². The molecule has 1 aromatic carbocycles. The lowest BCUT2D eigenvalue weighted by Crippen LogP contribution is -2.34. The third kappa shape index (κ3) is 2.80. The standard InChI is InChI=1S/C17H18FN3O2S/c1-17(2,3)9-20(4)15(23)12-7-21-14-11(19-16(21)24-12)6-5-10(8-22)13(14)18/h5-8H,9H2,1-4H3. The Morgan fingerprint density at radius 2 is 2.12 bits per heavy atom. The van der Waals surface area contributed by atoms with Gasteiger partial charge in [0.05, 0.1) is 11.1 Å². The third-order valence-electron chi connectivity index (χ3n) is 3.63. The minimum atomic E-state index is -0.616. The quantitative estimate of drug-likeness (QED) is 0.680. The summed E-state index contributed by atoms with van der Waals surface area (Å²) >= 11 is 1.21. The van der Waals surface area contributed by atoms with E-state index in [0.717, 1.165) is 0 Å². The molecule has 0 aliphatic heterocycles. The van der Waals surface area contributed by atoms with Crippen LogP contribution in [0.5, 0.6) is 0 Å². The molecule has 0 aliphatic carbocycles. The van der Waals surface area contributed by atoms with Crippen molar-refractivity contribution >= 4 is 39.5 Å². The second-order valence-corrected chi connectivity index (χ2v) is 8.05. The molecule has 5 nitrogen and oxygen atoms in total. The topological polar surface area (TPSA) is 54.7 Å². The van der Waals surface area contributed by atoms with Crippen LogP contribution >= 0.6 is 11.3 Å². The largest absolute Gasteiger partial charge is 0.340 e. The molecule has 0 atom stereocenters. The first-order valence-corrected chi connectivity index (χ1v) is 8.33. The number of carbonyl (C=O) groups is 2. The summed E-state index contributed by atoms with van der Waals surface area (Å²) in [4.78, 5) is 30.5. The number of hydrogen-bond donors (Lipinski definition) is 0. The third-order valence-corrected chi connectivity index (χ3v) is 4.60. The second kappa shape index (κ2) is 5.66. The predicted molar refractivity (Wildman–Crippen MR) is 92.3 cm³/mol. The highest BCUT2D eigenvalue weighted by atomic mass is 32.1. The number of benzene rings is 1. The highest BCUT2D eigenvalue weighted by Gasteiger charge is 2.22. The van der Waals surface area contributed by atoms with Crippen LogP contribution in [0.1, 0.15) is 40.8 Å². The number of nitrogens with zero attached hydrogens (tertiary/aromatic N) is 3. The van der Waals surface area contributed by atoms with Crippen molar-refractivity contribution in [2.24, 2.45) is 5.41 Å². The molecule has 0 unspecified atom stereocenters. The molecule has 0 bridgehead atoms. The molecule has 2 heterocycles. The van der Waals surface area contributed by atoms with E-state index >= 15 is 0 Å². The Bertz CT molecular complexity index is 952. The number of thiazole rings is 1. The number of carbonyl (C=O) groups excluding carboxylic acids is 2. The Morgan fingerprint density at radius 3 is 2.75 bits per heavy atom. The molecule has 0 fully saturated rings. The number of amides is 1. The van der Waals surface area contributed by atoms with Gasteiger partial charge in [-0.1, -0.05) is 32.1 Å². The van der Waals surface area contributed by atoms with Crippen molar-refractivity contribution in [1.29, 1.82) is 0 Å². The van der Waals surface area contributed by atoms with Gasteiger partial charge in [-0.2, -0.15) is 0 Å². The van der Waals surface area contributed by atoms with E-state index < -0.39 is 5.82 Å². The zero-order valence-corrected chi connectivity index (χ0v) is 14.8. The molecule has 0 saturated heterocycles. The molecule has 126 valence electrons. The average Bonchev–Trinajstić information content (AvgIpc) is 3.02. The Balaban J connectivity index is 2.06. The molecular formula is C17H18FN3O2S. The molecule has 0 radical (unpaired) electrons. The molecule has 0 N–H and O–H groups in total. The number of rotatable bonds is 3. The average molecular weight is 347 g/mol. The number of imidazole rings is 1. The number of fused-ring (bicyclic) bond motifs is 3. The van der Waals surface area contributed by atoms with E-state index in [9.17, 15) is 14.0 Å². The Kier molecular flexibility index (Phi) is 3.91. The SMILES string of the molecule is CN(CC(C)(C)C)C(=O)c1cn2c(nc3ccc(C=O)c(F)c32)s1. The second-order valence-electron chi connectivity index (χ2n) is 7.04. The van der Waals surface area contributed by atoms with Gasteiger partial charge in [-0.25, -0.2) is 9.37 Å². The maximum absolute atomic E-state index is 14.4.